The van der Waals surface area contributed by atoms with Crippen LogP contribution in [0.2, 0.25) is 6.04 Å². The molecule has 0 aliphatic carbocycles. The van der Waals surface area contributed by atoms with Gasteiger partial charge in [0, 0.05) is 55.2 Å². The average molecular weight is 702 g/mol. The fraction of sp³-hybridized carbons (Fsp3) is 0.595. The molecule has 0 amide bonds. The minimum Gasteiger partial charge on any atom is -0.469 e. The number of aromatic nitrogens is 1. The first-order chi connectivity index (χ1) is 23.2. The van der Waals surface area contributed by atoms with Crippen LogP contribution < -0.4 is 0 Å². The molecule has 11 nitrogen and oxygen atoms in total. The van der Waals surface area contributed by atoms with E-state index in [4.69, 9.17) is 27.5 Å². The molecule has 1 N–H and O–H groups in total. The summed E-state index contributed by atoms with van der Waals surface area (Å²) in [5.74, 6) is -1.32. The van der Waals surface area contributed by atoms with Crippen LogP contribution in [0.1, 0.15) is 72.8 Å². The van der Waals surface area contributed by atoms with Crippen LogP contribution in [0.25, 0.3) is 21.8 Å². The van der Waals surface area contributed by atoms with Gasteiger partial charge >= 0.3 is 26.7 Å². The summed E-state index contributed by atoms with van der Waals surface area (Å²) in [7, 11) is 3.09. The fourth-order valence-corrected chi connectivity index (χ4v) is 8.68. The minimum absolute atomic E-state index is 0.0966. The van der Waals surface area contributed by atoms with Gasteiger partial charge in [-0.15, -0.1) is 0 Å². The molecule has 0 fully saturated rings. The topological polar surface area (TPSA) is 132 Å². The number of benzene rings is 2. The van der Waals surface area contributed by atoms with Gasteiger partial charge in [0.2, 0.25) is 0 Å². The molecule has 1 aromatic heterocycles. The largest absolute Gasteiger partial charge is 0.500 e. The molecule has 0 aliphatic heterocycles. The Kier molecular flexibility index (Phi) is 14.0. The first-order valence-electron chi connectivity index (χ1n) is 16.9. The third kappa shape index (κ3) is 9.09. The highest BCUT2D eigenvalue weighted by Crippen LogP contribution is 2.48. The van der Waals surface area contributed by atoms with E-state index in [-0.39, 0.29) is 32.7 Å². The predicted molar refractivity (Wildman–Crippen MR) is 190 cm³/mol. The maximum absolute atomic E-state index is 14.4. The molecule has 3 unspecified atom stereocenters. The molecule has 12 heteroatoms. The first kappa shape index (κ1) is 40.1. The third-order valence-corrected chi connectivity index (χ3v) is 12.6. The summed E-state index contributed by atoms with van der Waals surface area (Å²) in [5.41, 5.74) is -1.28. The maximum Gasteiger partial charge on any atom is 0.500 e. The van der Waals surface area contributed by atoms with Crippen LogP contribution in [0.15, 0.2) is 48.5 Å². The van der Waals surface area contributed by atoms with Crippen LogP contribution in [-0.4, -0.2) is 84.6 Å². The summed E-state index contributed by atoms with van der Waals surface area (Å²) in [5, 5.41) is 11.4. The standard InChI is InChI=1S/C37H55NO10Si/c1-10-36(4,33(41)43-6)26-37(5,34(42)47-21-15-23-49(44-7,45-8)46-9)25-27(24-35(2,3)32(40)48-22-20-39)38-30-18-13-11-16-28(30)29-17-12-14-19-31(29)38/h11-14,16-19,27,39H,10,15,20-26H2,1-9H3. The number of esters is 3. The Balaban J connectivity index is 2.15. The van der Waals surface area contributed by atoms with Gasteiger partial charge in [-0.05, 0) is 71.9 Å². The van der Waals surface area contributed by atoms with Gasteiger partial charge < -0.3 is 37.2 Å². The van der Waals surface area contributed by atoms with E-state index in [9.17, 15) is 19.5 Å². The summed E-state index contributed by atoms with van der Waals surface area (Å²) in [4.78, 5) is 41.0. The highest BCUT2D eigenvalue weighted by atomic mass is 28.4. The van der Waals surface area contributed by atoms with Crippen LogP contribution in [0.4, 0.5) is 0 Å². The van der Waals surface area contributed by atoms with Crippen molar-refractivity contribution < 1.29 is 47.0 Å². The second-order valence-corrected chi connectivity index (χ2v) is 17.0. The molecule has 3 aromatic rings. The lowest BCUT2D eigenvalue weighted by Crippen LogP contribution is -2.43. The van der Waals surface area contributed by atoms with Gasteiger partial charge in [-0.3, -0.25) is 14.4 Å². The molecule has 3 rings (SSSR count). The van der Waals surface area contributed by atoms with Gasteiger partial charge in [-0.25, -0.2) is 0 Å². The van der Waals surface area contributed by atoms with Crippen LogP contribution in [0.5, 0.6) is 0 Å². The van der Waals surface area contributed by atoms with Gasteiger partial charge in [0.05, 0.1) is 36.6 Å². The van der Waals surface area contributed by atoms with Gasteiger partial charge in [-0.1, -0.05) is 43.3 Å². The number of aliphatic hydroxyl groups is 1. The molecule has 0 radical (unpaired) electrons. The Bertz CT molecular complexity index is 1510. The molecule has 0 spiro atoms. The third-order valence-electron chi connectivity index (χ3n) is 9.82. The summed E-state index contributed by atoms with van der Waals surface area (Å²) in [6.07, 6.45) is 1.58. The summed E-state index contributed by atoms with van der Waals surface area (Å²) in [6, 6.07) is 16.1. The molecular formula is C37H55NO10Si. The number of ether oxygens (including phenoxy) is 3. The highest BCUT2D eigenvalue weighted by molar-refractivity contribution is 6.60. The number of nitrogens with zero attached hydrogens (tertiary/aromatic N) is 1. The van der Waals surface area contributed by atoms with E-state index in [1.165, 1.54) is 28.4 Å². The zero-order valence-electron chi connectivity index (χ0n) is 30.6. The van der Waals surface area contributed by atoms with E-state index >= 15 is 0 Å². The van der Waals surface area contributed by atoms with E-state index in [0.29, 0.717) is 25.3 Å². The number of aliphatic hydroxyl groups excluding tert-OH is 1. The number of para-hydroxylation sites is 2. The summed E-state index contributed by atoms with van der Waals surface area (Å²) >= 11 is 0. The number of carbonyl (C=O) groups is 3. The molecular weight excluding hydrogens is 646 g/mol. The van der Waals surface area contributed by atoms with Crippen molar-refractivity contribution in [2.75, 3.05) is 48.3 Å². The van der Waals surface area contributed by atoms with Crippen molar-refractivity contribution in [3.8, 4) is 0 Å². The molecule has 3 atom stereocenters. The van der Waals surface area contributed by atoms with Crippen molar-refractivity contribution in [2.45, 2.75) is 78.8 Å². The van der Waals surface area contributed by atoms with E-state index in [2.05, 4.69) is 16.7 Å². The zero-order valence-corrected chi connectivity index (χ0v) is 31.6. The number of methoxy groups -OCH3 is 1. The maximum atomic E-state index is 14.4. The summed E-state index contributed by atoms with van der Waals surface area (Å²) in [6.45, 7) is 8.87. The van der Waals surface area contributed by atoms with Crippen LogP contribution in [-0.2, 0) is 41.9 Å². The summed E-state index contributed by atoms with van der Waals surface area (Å²) < 4.78 is 35.4. The van der Waals surface area contributed by atoms with Crippen LogP contribution in [0, 0.1) is 16.2 Å². The number of fused-ring (bicyclic) bond motifs is 3. The van der Waals surface area contributed by atoms with Gasteiger partial charge in [0.15, 0.2) is 0 Å². The quantitative estimate of drug-likeness (QED) is 0.0605. The Hall–Kier alpha value is -3.29. The van der Waals surface area contributed by atoms with Crippen LogP contribution in [0.3, 0.4) is 0 Å². The number of hydrogen-bond donors (Lipinski definition) is 1. The molecule has 49 heavy (non-hydrogen) atoms. The molecule has 2 aromatic carbocycles. The van der Waals surface area contributed by atoms with Crippen LogP contribution >= 0.6 is 0 Å². The second-order valence-electron chi connectivity index (χ2n) is 13.9. The van der Waals surface area contributed by atoms with Gasteiger partial charge in [-0.2, -0.15) is 0 Å². The van der Waals surface area contributed by atoms with E-state index < -0.39 is 49.0 Å². The minimum atomic E-state index is -2.88. The smallest absolute Gasteiger partial charge is 0.469 e. The van der Waals surface area contributed by atoms with Crippen molar-refractivity contribution in [3.63, 3.8) is 0 Å². The van der Waals surface area contributed by atoms with E-state index in [0.717, 1.165) is 21.8 Å². The van der Waals surface area contributed by atoms with E-state index in [1.807, 2.05) is 71.0 Å². The average Bonchev–Trinajstić information content (AvgIpc) is 3.44. The Morgan fingerprint density at radius 1 is 0.755 bits per heavy atom. The Labute approximate surface area is 291 Å². The molecule has 1 heterocycles. The zero-order chi connectivity index (χ0) is 36.5. The first-order valence-corrected chi connectivity index (χ1v) is 18.8. The molecule has 272 valence electrons. The van der Waals surface area contributed by atoms with Crippen molar-refractivity contribution in [3.05, 3.63) is 48.5 Å². The van der Waals surface area contributed by atoms with Crippen molar-refractivity contribution in [1.29, 1.82) is 0 Å². The highest BCUT2D eigenvalue weighted by Gasteiger charge is 2.48. The van der Waals surface area contributed by atoms with Crippen molar-refractivity contribution in [1.82, 2.24) is 4.57 Å². The van der Waals surface area contributed by atoms with Gasteiger partial charge in [0.1, 0.15) is 6.61 Å². The van der Waals surface area contributed by atoms with Crippen molar-refractivity contribution >= 4 is 48.5 Å². The van der Waals surface area contributed by atoms with E-state index in [1.54, 1.807) is 0 Å². The predicted octanol–water partition coefficient (Wildman–Crippen LogP) is 6.47. The molecule has 0 aliphatic rings. The lowest BCUT2D eigenvalue weighted by Gasteiger charge is -2.40. The second kappa shape index (κ2) is 17.1. The Morgan fingerprint density at radius 2 is 1.29 bits per heavy atom. The normalized spacial score (nSPS) is 15.4. The Morgan fingerprint density at radius 3 is 1.78 bits per heavy atom. The number of rotatable bonds is 20. The lowest BCUT2D eigenvalue weighted by molar-refractivity contribution is -0.164. The van der Waals surface area contributed by atoms with Gasteiger partial charge in [0.25, 0.3) is 0 Å². The SMILES string of the molecule is CCC(C)(CC(C)(CC(CC(C)(C)C(=O)OCCO)n1c2ccccc2c2ccccc21)C(=O)OCCC[Si](OC)(OC)OC)C(=O)OC. The number of carbonyl (C=O) groups excluding carboxylic acids is 3. The molecule has 0 saturated carbocycles. The molecule has 0 bridgehead atoms. The lowest BCUT2D eigenvalue weighted by atomic mass is 9.67. The van der Waals surface area contributed by atoms with Crippen molar-refractivity contribution in [2.24, 2.45) is 16.2 Å². The number of hydrogen-bond acceptors (Lipinski definition) is 10. The molecule has 0 saturated heterocycles. The fourth-order valence-electron chi connectivity index (χ4n) is 6.99. The monoisotopic (exact) mass is 701 g/mol.